The van der Waals surface area contributed by atoms with E-state index < -0.39 is 0 Å². The number of halogens is 1. The normalized spacial score (nSPS) is 11.3. The zero-order valence-corrected chi connectivity index (χ0v) is 15.6. The first-order chi connectivity index (χ1) is 9.54. The van der Waals surface area contributed by atoms with E-state index in [-0.39, 0.29) is 24.0 Å². The minimum atomic E-state index is 0. The molecule has 1 heterocycles. The molecule has 0 radical (unpaired) electrons. The lowest BCUT2D eigenvalue weighted by Gasteiger charge is -2.09. The van der Waals surface area contributed by atoms with Crippen LogP contribution in [0.25, 0.3) is 0 Å². The van der Waals surface area contributed by atoms with E-state index in [2.05, 4.69) is 41.3 Å². The topological polar surface area (TPSA) is 63.3 Å². The molecular formula is C15H21IN4S. The Morgan fingerprint density at radius 1 is 1.43 bits per heavy atom. The summed E-state index contributed by atoms with van der Waals surface area (Å²) in [4.78, 5) is 8.66. The van der Waals surface area contributed by atoms with Crippen molar-refractivity contribution in [2.75, 3.05) is 5.32 Å². The number of hydrogen-bond acceptors (Lipinski definition) is 3. The molecule has 0 saturated heterocycles. The van der Waals surface area contributed by atoms with Crippen LogP contribution in [-0.2, 0) is 6.54 Å². The molecule has 1 aromatic heterocycles. The van der Waals surface area contributed by atoms with E-state index in [0.29, 0.717) is 18.4 Å². The van der Waals surface area contributed by atoms with Crippen molar-refractivity contribution in [1.29, 1.82) is 0 Å². The second-order valence-corrected chi connectivity index (χ2v) is 5.93. The molecule has 3 N–H and O–H groups in total. The van der Waals surface area contributed by atoms with E-state index in [0.717, 1.165) is 16.4 Å². The van der Waals surface area contributed by atoms with Crippen LogP contribution in [-0.4, -0.2) is 10.9 Å². The molecule has 0 aliphatic rings. The van der Waals surface area contributed by atoms with Crippen LogP contribution in [0, 0.1) is 6.92 Å². The molecule has 0 saturated carbocycles. The molecule has 0 amide bonds. The molecule has 0 aliphatic carbocycles. The predicted octanol–water partition coefficient (Wildman–Crippen LogP) is 4.12. The minimum absolute atomic E-state index is 0. The molecular weight excluding hydrogens is 395 g/mol. The van der Waals surface area contributed by atoms with Gasteiger partial charge in [0.25, 0.3) is 0 Å². The highest BCUT2D eigenvalue weighted by atomic mass is 127. The second-order valence-electron chi connectivity index (χ2n) is 4.99. The van der Waals surface area contributed by atoms with Gasteiger partial charge in [-0.3, -0.25) is 0 Å². The van der Waals surface area contributed by atoms with Crippen LogP contribution in [0.5, 0.6) is 0 Å². The second kappa shape index (κ2) is 8.33. The maximum atomic E-state index is 5.90. The zero-order chi connectivity index (χ0) is 14.5. The van der Waals surface area contributed by atoms with Crippen molar-refractivity contribution in [3.05, 3.63) is 45.9 Å². The lowest BCUT2D eigenvalue weighted by atomic mass is 10.0. The van der Waals surface area contributed by atoms with Gasteiger partial charge >= 0.3 is 0 Å². The lowest BCUT2D eigenvalue weighted by Crippen LogP contribution is -2.22. The largest absolute Gasteiger partial charge is 0.370 e. The lowest BCUT2D eigenvalue weighted by molar-refractivity contribution is 0.867. The highest BCUT2D eigenvalue weighted by Crippen LogP contribution is 2.18. The predicted molar refractivity (Wildman–Crippen MR) is 102 cm³/mol. The van der Waals surface area contributed by atoms with Crippen molar-refractivity contribution >= 4 is 47.0 Å². The van der Waals surface area contributed by atoms with Gasteiger partial charge in [0.05, 0.1) is 6.54 Å². The Labute approximate surface area is 146 Å². The summed E-state index contributed by atoms with van der Waals surface area (Å²) in [6.45, 7) is 6.83. The van der Waals surface area contributed by atoms with E-state index in [1.165, 1.54) is 5.56 Å². The van der Waals surface area contributed by atoms with Gasteiger partial charge in [-0.1, -0.05) is 26.0 Å². The third-order valence-corrected chi connectivity index (χ3v) is 3.83. The molecule has 0 bridgehead atoms. The van der Waals surface area contributed by atoms with E-state index in [4.69, 9.17) is 5.73 Å². The van der Waals surface area contributed by atoms with Crippen LogP contribution >= 0.6 is 35.3 Å². The number of nitrogens with one attached hydrogen (secondary N) is 1. The molecule has 0 fully saturated rings. The van der Waals surface area contributed by atoms with Crippen molar-refractivity contribution in [1.82, 2.24) is 4.98 Å². The Hall–Kier alpha value is -1.15. The standard InChI is InChI=1S/C15H20N4S.HI/c1-10(2)12-5-4-6-13(7-12)19-15(16)17-8-14-18-11(3)9-20-14;/h4-7,9-10H,8H2,1-3H3,(H3,16,17,19);1H. The van der Waals surface area contributed by atoms with Gasteiger partial charge < -0.3 is 11.1 Å². The summed E-state index contributed by atoms with van der Waals surface area (Å²) in [5.74, 6) is 0.909. The van der Waals surface area contributed by atoms with Crippen molar-refractivity contribution in [3.63, 3.8) is 0 Å². The Morgan fingerprint density at radius 2 is 2.19 bits per heavy atom. The van der Waals surface area contributed by atoms with E-state index >= 15 is 0 Å². The number of nitrogens with zero attached hydrogens (tertiary/aromatic N) is 2. The first-order valence-electron chi connectivity index (χ1n) is 6.62. The molecule has 2 aromatic rings. The number of aryl methyl sites for hydroxylation is 1. The Kier molecular flexibility index (Phi) is 7.10. The van der Waals surface area contributed by atoms with Crippen molar-refractivity contribution in [3.8, 4) is 0 Å². The summed E-state index contributed by atoms with van der Waals surface area (Å²) in [6, 6.07) is 8.22. The average molecular weight is 416 g/mol. The molecule has 21 heavy (non-hydrogen) atoms. The van der Waals surface area contributed by atoms with E-state index in [1.807, 2.05) is 24.4 Å². The minimum Gasteiger partial charge on any atom is -0.370 e. The number of thiazole rings is 1. The molecule has 0 spiro atoms. The van der Waals surface area contributed by atoms with Crippen LogP contribution in [0.4, 0.5) is 5.69 Å². The quantitative estimate of drug-likeness (QED) is 0.448. The number of benzene rings is 1. The van der Waals surface area contributed by atoms with Gasteiger partial charge in [-0.25, -0.2) is 9.98 Å². The summed E-state index contributed by atoms with van der Waals surface area (Å²) in [5.41, 5.74) is 9.17. The van der Waals surface area contributed by atoms with Gasteiger partial charge in [-0.05, 0) is 30.5 Å². The number of aromatic nitrogens is 1. The van der Waals surface area contributed by atoms with Gasteiger partial charge in [-0.2, -0.15) is 0 Å². The van der Waals surface area contributed by atoms with E-state index in [1.54, 1.807) is 11.3 Å². The van der Waals surface area contributed by atoms with Gasteiger partial charge in [0, 0.05) is 16.8 Å². The van der Waals surface area contributed by atoms with Crippen molar-refractivity contribution in [2.45, 2.75) is 33.2 Å². The van der Waals surface area contributed by atoms with Crippen LogP contribution < -0.4 is 11.1 Å². The highest BCUT2D eigenvalue weighted by molar-refractivity contribution is 14.0. The monoisotopic (exact) mass is 416 g/mol. The molecule has 0 unspecified atom stereocenters. The molecule has 6 heteroatoms. The number of hydrogen-bond donors (Lipinski definition) is 2. The highest BCUT2D eigenvalue weighted by Gasteiger charge is 2.02. The molecule has 1 aromatic carbocycles. The van der Waals surface area contributed by atoms with Crippen LogP contribution in [0.2, 0.25) is 0 Å². The molecule has 114 valence electrons. The average Bonchev–Trinajstić information content (AvgIpc) is 2.82. The van der Waals surface area contributed by atoms with Crippen LogP contribution in [0.15, 0.2) is 34.6 Å². The summed E-state index contributed by atoms with van der Waals surface area (Å²) in [6.07, 6.45) is 0. The fourth-order valence-electron chi connectivity index (χ4n) is 1.79. The maximum absolute atomic E-state index is 5.90. The van der Waals surface area contributed by atoms with Gasteiger partial charge in [0.1, 0.15) is 5.01 Å². The fraction of sp³-hybridized carbons (Fsp3) is 0.333. The first-order valence-corrected chi connectivity index (χ1v) is 7.50. The van der Waals surface area contributed by atoms with Gasteiger partial charge in [-0.15, -0.1) is 35.3 Å². The first kappa shape index (κ1) is 17.9. The third kappa shape index (κ3) is 5.62. The summed E-state index contributed by atoms with van der Waals surface area (Å²) in [5, 5.41) is 6.11. The number of aliphatic imine (C=N–C) groups is 1. The SMILES string of the molecule is Cc1csc(CN=C(N)Nc2cccc(C(C)C)c2)n1.I. The third-order valence-electron chi connectivity index (χ3n) is 2.88. The van der Waals surface area contributed by atoms with Crippen molar-refractivity contribution < 1.29 is 0 Å². The Balaban J connectivity index is 0.00000220. The van der Waals surface area contributed by atoms with Crippen molar-refractivity contribution in [2.24, 2.45) is 10.7 Å². The smallest absolute Gasteiger partial charge is 0.193 e. The number of anilines is 1. The molecule has 0 atom stereocenters. The number of rotatable bonds is 4. The summed E-state index contributed by atoms with van der Waals surface area (Å²) in [7, 11) is 0. The van der Waals surface area contributed by atoms with Crippen LogP contribution in [0.3, 0.4) is 0 Å². The Morgan fingerprint density at radius 3 is 2.81 bits per heavy atom. The number of nitrogens with two attached hydrogens (primary N) is 1. The molecule has 4 nitrogen and oxygen atoms in total. The summed E-state index contributed by atoms with van der Waals surface area (Å²) < 4.78 is 0. The summed E-state index contributed by atoms with van der Waals surface area (Å²) >= 11 is 1.60. The van der Waals surface area contributed by atoms with Gasteiger partial charge in [0.15, 0.2) is 5.96 Å². The zero-order valence-electron chi connectivity index (χ0n) is 12.5. The molecule has 0 aliphatic heterocycles. The number of guanidine groups is 1. The maximum Gasteiger partial charge on any atom is 0.193 e. The van der Waals surface area contributed by atoms with Crippen LogP contribution in [0.1, 0.15) is 36.0 Å². The Bertz CT molecular complexity index is 607. The van der Waals surface area contributed by atoms with E-state index in [9.17, 15) is 0 Å². The molecule has 2 rings (SSSR count). The van der Waals surface area contributed by atoms with Gasteiger partial charge in [0.2, 0.25) is 0 Å². The fourth-order valence-corrected chi connectivity index (χ4v) is 2.49.